The number of carbonyl (C=O) groups excluding carboxylic acids is 1. The summed E-state index contributed by atoms with van der Waals surface area (Å²) in [6, 6.07) is 0. The highest BCUT2D eigenvalue weighted by Gasteiger charge is 2.65. The lowest BCUT2D eigenvalue weighted by Crippen LogP contribution is -2.55. The van der Waals surface area contributed by atoms with Crippen LogP contribution in [0.15, 0.2) is 22.2 Å². The molecule has 4 heteroatoms. The molecule has 2 saturated carbocycles. The second kappa shape index (κ2) is 8.28. The molecule has 34 heavy (non-hydrogen) atoms. The summed E-state index contributed by atoms with van der Waals surface area (Å²) in [5.74, 6) is 2.31. The molecule has 4 rings (SSSR count). The van der Waals surface area contributed by atoms with Gasteiger partial charge in [0.2, 0.25) is 0 Å². The lowest BCUT2D eigenvalue weighted by Gasteiger charge is -2.62. The number of Topliss-reactive ketones (excluding diaryl/α,β-unsaturated/α-hetero) is 1. The maximum Gasteiger partial charge on any atom is 0.175 e. The minimum absolute atomic E-state index is 0.0655. The van der Waals surface area contributed by atoms with Crippen LogP contribution in [0.1, 0.15) is 100 Å². The minimum Gasteiger partial charge on any atom is -0.390 e. The number of rotatable bonds is 5. The Morgan fingerprint density at radius 3 is 2.35 bits per heavy atom. The summed E-state index contributed by atoms with van der Waals surface area (Å²) in [5.41, 5.74) is 0.636. The van der Waals surface area contributed by atoms with E-state index >= 15 is 0 Å². The highest BCUT2D eigenvalue weighted by Crippen LogP contribution is 2.72. The van der Waals surface area contributed by atoms with E-state index in [1.807, 2.05) is 0 Å². The van der Waals surface area contributed by atoms with Gasteiger partial charge in [0, 0.05) is 10.8 Å². The summed E-state index contributed by atoms with van der Waals surface area (Å²) in [4.78, 5) is 13.0. The number of ketones is 1. The molecule has 0 bridgehead atoms. The Kier molecular flexibility index (Phi) is 6.48. The normalized spacial score (nSPS) is 43.3. The van der Waals surface area contributed by atoms with Crippen molar-refractivity contribution in [2.24, 2.45) is 45.3 Å². The van der Waals surface area contributed by atoms with E-state index in [9.17, 15) is 15.0 Å². The zero-order valence-electron chi connectivity index (χ0n) is 22.7. The third-order valence-electron chi connectivity index (χ3n) is 11.6. The van der Waals surface area contributed by atoms with E-state index in [4.69, 9.17) is 0 Å². The van der Waals surface area contributed by atoms with Gasteiger partial charge >= 0.3 is 0 Å². The molecule has 0 spiro atoms. The molecule has 0 aromatic heterocycles. The first kappa shape index (κ1) is 26.6. The first-order chi connectivity index (χ1) is 15.5. The average molecular weight is 536 g/mol. The molecule has 0 saturated heterocycles. The molecule has 2 fully saturated rings. The predicted octanol–water partition coefficient (Wildman–Crippen LogP) is 7.21. The van der Waals surface area contributed by atoms with Crippen LogP contribution < -0.4 is 0 Å². The van der Waals surface area contributed by atoms with Gasteiger partial charge in [-0.2, -0.15) is 0 Å². The molecule has 0 aromatic rings. The van der Waals surface area contributed by atoms with Crippen molar-refractivity contribution in [2.45, 2.75) is 112 Å². The molecule has 4 aliphatic carbocycles. The standard InChI is InChI=1S/C30H47BrO3/c1-18(9-12-24(32)27(4,5)34)19-13-15-30(8)21-10-11-23-26(2,3)25(33)22(31)17-28(23,6)20(21)14-16-29(19,30)7/h14,17-19,21,23-24,32,34H,9-13,15-16H2,1-8H3/t18-,19-,21?,23?,24-,28-,29-,30-/m1/s1. The predicted molar refractivity (Wildman–Crippen MR) is 142 cm³/mol. The van der Waals surface area contributed by atoms with Gasteiger partial charge in [-0.3, -0.25) is 4.79 Å². The molecular weight excluding hydrogens is 488 g/mol. The van der Waals surface area contributed by atoms with Crippen molar-refractivity contribution in [3.05, 3.63) is 22.2 Å². The Balaban J connectivity index is 1.64. The fraction of sp³-hybridized carbons (Fsp3) is 0.833. The first-order valence-corrected chi connectivity index (χ1v) is 14.3. The van der Waals surface area contributed by atoms with E-state index in [0.717, 1.165) is 23.7 Å². The molecule has 0 radical (unpaired) electrons. The van der Waals surface area contributed by atoms with Crippen molar-refractivity contribution in [1.29, 1.82) is 0 Å². The van der Waals surface area contributed by atoms with Crippen LogP contribution in [0.4, 0.5) is 0 Å². The molecule has 0 heterocycles. The van der Waals surface area contributed by atoms with Gasteiger partial charge in [-0.05, 0) is 109 Å². The largest absolute Gasteiger partial charge is 0.390 e. The molecule has 3 nitrogen and oxygen atoms in total. The Morgan fingerprint density at radius 2 is 1.74 bits per heavy atom. The Morgan fingerprint density at radius 1 is 1.09 bits per heavy atom. The minimum atomic E-state index is -1.04. The van der Waals surface area contributed by atoms with Crippen molar-refractivity contribution in [1.82, 2.24) is 0 Å². The highest BCUT2D eigenvalue weighted by atomic mass is 79.9. The van der Waals surface area contributed by atoms with Crippen LogP contribution in [0.5, 0.6) is 0 Å². The van der Waals surface area contributed by atoms with Crippen LogP contribution in [-0.2, 0) is 4.79 Å². The van der Waals surface area contributed by atoms with Crippen LogP contribution in [0.2, 0.25) is 0 Å². The first-order valence-electron chi connectivity index (χ1n) is 13.5. The fourth-order valence-electron chi connectivity index (χ4n) is 9.13. The van der Waals surface area contributed by atoms with Gasteiger partial charge in [-0.25, -0.2) is 0 Å². The molecule has 0 amide bonds. The van der Waals surface area contributed by atoms with Crippen LogP contribution in [0.3, 0.4) is 0 Å². The van der Waals surface area contributed by atoms with Crippen molar-refractivity contribution in [2.75, 3.05) is 0 Å². The maximum atomic E-state index is 13.0. The van der Waals surface area contributed by atoms with Gasteiger partial charge in [-0.15, -0.1) is 0 Å². The maximum absolute atomic E-state index is 13.0. The average Bonchev–Trinajstić information content (AvgIpc) is 3.01. The lowest BCUT2D eigenvalue weighted by atomic mass is 9.42. The molecule has 192 valence electrons. The van der Waals surface area contributed by atoms with Gasteiger partial charge < -0.3 is 10.2 Å². The van der Waals surface area contributed by atoms with Gasteiger partial charge in [-0.1, -0.05) is 59.3 Å². The third kappa shape index (κ3) is 3.67. The van der Waals surface area contributed by atoms with Crippen LogP contribution >= 0.6 is 15.9 Å². The SMILES string of the molecule is C[C@H](CC[C@@H](O)C(C)(C)O)[C@H]1CC[C@]2(C)C3CCC4C(C)(C)C(=O)C(Br)=C[C@]4(C)C3=CC[C@]12C. The van der Waals surface area contributed by atoms with E-state index in [1.54, 1.807) is 19.4 Å². The zero-order valence-corrected chi connectivity index (χ0v) is 24.3. The molecule has 4 aliphatic rings. The van der Waals surface area contributed by atoms with Gasteiger partial charge in [0.15, 0.2) is 5.78 Å². The number of hydrogen-bond donors (Lipinski definition) is 2. The Labute approximate surface area is 216 Å². The number of aliphatic hydroxyl groups excluding tert-OH is 1. The van der Waals surface area contributed by atoms with Gasteiger partial charge in [0.1, 0.15) is 0 Å². The fourth-order valence-corrected chi connectivity index (χ4v) is 10.1. The van der Waals surface area contributed by atoms with Crippen molar-refractivity contribution in [3.63, 3.8) is 0 Å². The topological polar surface area (TPSA) is 57.5 Å². The second-order valence-electron chi connectivity index (χ2n) is 14.1. The van der Waals surface area contributed by atoms with Crippen LogP contribution in [0, 0.1) is 45.3 Å². The number of aliphatic hydroxyl groups is 2. The number of allylic oxidation sites excluding steroid dienone is 4. The van der Waals surface area contributed by atoms with Crippen molar-refractivity contribution < 1.29 is 15.0 Å². The van der Waals surface area contributed by atoms with E-state index in [1.165, 1.54) is 19.3 Å². The summed E-state index contributed by atoms with van der Waals surface area (Å²) in [6.45, 7) is 17.6. The second-order valence-corrected chi connectivity index (χ2v) is 14.9. The van der Waals surface area contributed by atoms with Crippen LogP contribution in [0.25, 0.3) is 0 Å². The number of hydrogen-bond acceptors (Lipinski definition) is 3. The van der Waals surface area contributed by atoms with E-state index in [2.05, 4.69) is 69.6 Å². The summed E-state index contributed by atoms with van der Waals surface area (Å²) in [5, 5.41) is 20.6. The van der Waals surface area contributed by atoms with E-state index in [0.29, 0.717) is 30.1 Å². The lowest BCUT2D eigenvalue weighted by molar-refractivity contribution is -0.130. The zero-order chi connectivity index (χ0) is 25.5. The highest BCUT2D eigenvalue weighted by molar-refractivity contribution is 9.12. The molecule has 2 unspecified atom stereocenters. The summed E-state index contributed by atoms with van der Waals surface area (Å²) < 4.78 is 0.763. The van der Waals surface area contributed by atoms with Gasteiger partial charge in [0.05, 0.1) is 16.2 Å². The van der Waals surface area contributed by atoms with E-state index in [-0.39, 0.29) is 27.4 Å². The summed E-state index contributed by atoms with van der Waals surface area (Å²) in [7, 11) is 0. The molecular formula is C30H47BrO3. The van der Waals surface area contributed by atoms with Crippen molar-refractivity contribution >= 4 is 21.7 Å². The number of carbonyl (C=O) groups is 1. The quantitative estimate of drug-likeness (QED) is 0.366. The Hall–Kier alpha value is -0.450. The van der Waals surface area contributed by atoms with Gasteiger partial charge in [0.25, 0.3) is 0 Å². The molecule has 0 aromatic carbocycles. The number of halogens is 1. The molecule has 2 N–H and O–H groups in total. The number of fused-ring (bicyclic) bond motifs is 5. The Bertz CT molecular complexity index is 911. The molecule has 0 aliphatic heterocycles. The summed E-state index contributed by atoms with van der Waals surface area (Å²) >= 11 is 3.64. The smallest absolute Gasteiger partial charge is 0.175 e. The monoisotopic (exact) mass is 534 g/mol. The third-order valence-corrected chi connectivity index (χ3v) is 12.2. The van der Waals surface area contributed by atoms with E-state index < -0.39 is 11.7 Å². The van der Waals surface area contributed by atoms with Crippen molar-refractivity contribution in [3.8, 4) is 0 Å². The molecule has 8 atom stereocenters. The van der Waals surface area contributed by atoms with Crippen LogP contribution in [-0.4, -0.2) is 27.7 Å². The summed E-state index contributed by atoms with van der Waals surface area (Å²) in [6.07, 6.45) is 11.6.